The molecule has 2 rings (SSSR count). The Hall–Kier alpha value is -2.27. The molecule has 2 aromatic rings. The fourth-order valence-corrected chi connectivity index (χ4v) is 1.91. The summed E-state index contributed by atoms with van der Waals surface area (Å²) in [5.41, 5.74) is 7.45. The maximum Gasteiger partial charge on any atom is 0.228 e. The summed E-state index contributed by atoms with van der Waals surface area (Å²) < 4.78 is 26.2. The van der Waals surface area contributed by atoms with Gasteiger partial charge in [0.15, 0.2) is 0 Å². The number of hydrogen-bond acceptors (Lipinski definition) is 2. The molecule has 0 heterocycles. The van der Waals surface area contributed by atoms with Gasteiger partial charge in [-0.2, -0.15) is 0 Å². The number of amides is 1. The molecule has 0 aliphatic carbocycles. The minimum absolute atomic E-state index is 0.0805. The first-order valence-electron chi connectivity index (χ1n) is 6.55. The number of nitrogens with two attached hydrogens (primary N) is 1. The van der Waals surface area contributed by atoms with Crippen LogP contribution in [-0.4, -0.2) is 5.91 Å². The molecule has 0 saturated carbocycles. The fraction of sp³-hybridized carbons (Fsp3) is 0.188. The molecule has 0 radical (unpaired) electrons. The zero-order chi connectivity index (χ0) is 15.4. The van der Waals surface area contributed by atoms with Crippen LogP contribution in [0.15, 0.2) is 42.5 Å². The van der Waals surface area contributed by atoms with Crippen molar-refractivity contribution < 1.29 is 13.6 Å². The lowest BCUT2D eigenvalue weighted by Gasteiger charge is -2.09. The lowest BCUT2D eigenvalue weighted by Crippen LogP contribution is -2.15. The van der Waals surface area contributed by atoms with Crippen molar-refractivity contribution in [2.75, 3.05) is 5.32 Å². The molecular formula is C16H16F2N2O. The van der Waals surface area contributed by atoms with Gasteiger partial charge in [0.05, 0.1) is 6.42 Å². The zero-order valence-corrected chi connectivity index (χ0v) is 11.6. The minimum atomic E-state index is -0.725. The molecular weight excluding hydrogens is 274 g/mol. The van der Waals surface area contributed by atoms with Gasteiger partial charge in [-0.1, -0.05) is 18.2 Å². The molecule has 0 saturated heterocycles. The van der Waals surface area contributed by atoms with Crippen molar-refractivity contribution in [3.63, 3.8) is 0 Å². The number of carbonyl (C=O) groups is 1. The molecule has 110 valence electrons. The van der Waals surface area contributed by atoms with Crippen LogP contribution in [0.3, 0.4) is 0 Å². The highest BCUT2D eigenvalue weighted by atomic mass is 19.1. The van der Waals surface area contributed by atoms with Gasteiger partial charge in [0.25, 0.3) is 0 Å². The second-order valence-corrected chi connectivity index (χ2v) is 4.87. The molecule has 1 amide bonds. The number of nitrogens with one attached hydrogen (secondary N) is 1. The van der Waals surface area contributed by atoms with Crippen molar-refractivity contribution in [2.45, 2.75) is 19.4 Å². The van der Waals surface area contributed by atoms with E-state index in [2.05, 4.69) is 5.32 Å². The van der Waals surface area contributed by atoms with Crippen LogP contribution in [-0.2, 0) is 11.2 Å². The van der Waals surface area contributed by atoms with Crippen LogP contribution in [0.4, 0.5) is 14.5 Å². The molecule has 0 bridgehead atoms. The Bertz CT molecular complexity index is 639. The monoisotopic (exact) mass is 290 g/mol. The van der Waals surface area contributed by atoms with Crippen molar-refractivity contribution >= 4 is 11.6 Å². The van der Waals surface area contributed by atoms with Crippen LogP contribution >= 0.6 is 0 Å². The number of rotatable bonds is 4. The average molecular weight is 290 g/mol. The third-order valence-electron chi connectivity index (χ3n) is 3.09. The van der Waals surface area contributed by atoms with E-state index in [-0.39, 0.29) is 23.9 Å². The summed E-state index contributed by atoms with van der Waals surface area (Å²) in [6.45, 7) is 1.87. The lowest BCUT2D eigenvalue weighted by molar-refractivity contribution is -0.115. The quantitative estimate of drug-likeness (QED) is 0.908. The maximum atomic E-state index is 13.5. The van der Waals surface area contributed by atoms with Crippen molar-refractivity contribution in [1.82, 2.24) is 0 Å². The third-order valence-corrected chi connectivity index (χ3v) is 3.09. The van der Waals surface area contributed by atoms with Gasteiger partial charge in [-0.3, -0.25) is 4.79 Å². The summed E-state index contributed by atoms with van der Waals surface area (Å²) in [7, 11) is 0. The summed E-state index contributed by atoms with van der Waals surface area (Å²) in [6, 6.07) is 10.2. The van der Waals surface area contributed by atoms with E-state index in [1.54, 1.807) is 12.1 Å². The van der Waals surface area contributed by atoms with Crippen LogP contribution in [0.5, 0.6) is 0 Å². The third kappa shape index (κ3) is 4.10. The van der Waals surface area contributed by atoms with Gasteiger partial charge in [0.1, 0.15) is 11.6 Å². The van der Waals surface area contributed by atoms with E-state index in [9.17, 15) is 13.6 Å². The predicted octanol–water partition coefficient (Wildman–Crippen LogP) is 3.17. The van der Waals surface area contributed by atoms with Crippen LogP contribution in [0, 0.1) is 11.6 Å². The maximum absolute atomic E-state index is 13.5. The summed E-state index contributed by atoms with van der Waals surface area (Å²) >= 11 is 0. The number of halogens is 2. The smallest absolute Gasteiger partial charge is 0.228 e. The Morgan fingerprint density at radius 1 is 1.19 bits per heavy atom. The summed E-state index contributed by atoms with van der Waals surface area (Å²) in [5, 5.41) is 2.66. The summed E-state index contributed by atoms with van der Waals surface area (Å²) in [6.07, 6.45) is -0.152. The Labute approximate surface area is 121 Å². The summed E-state index contributed by atoms with van der Waals surface area (Å²) in [5.74, 6) is -1.75. The SMILES string of the molecule is CC(N)c1ccc(NC(=O)Cc2ccc(F)cc2F)cc1. The topological polar surface area (TPSA) is 55.1 Å². The van der Waals surface area contributed by atoms with Crippen LogP contribution in [0.1, 0.15) is 24.1 Å². The Morgan fingerprint density at radius 2 is 1.86 bits per heavy atom. The van der Waals surface area contributed by atoms with Crippen molar-refractivity contribution in [3.05, 3.63) is 65.2 Å². The van der Waals surface area contributed by atoms with Gasteiger partial charge in [0.2, 0.25) is 5.91 Å². The molecule has 0 aromatic heterocycles. The molecule has 0 fully saturated rings. The molecule has 0 aliphatic rings. The Balaban J connectivity index is 2.01. The fourth-order valence-electron chi connectivity index (χ4n) is 1.91. The minimum Gasteiger partial charge on any atom is -0.326 e. The molecule has 3 N–H and O–H groups in total. The largest absolute Gasteiger partial charge is 0.326 e. The van der Waals surface area contributed by atoms with Gasteiger partial charge >= 0.3 is 0 Å². The number of carbonyl (C=O) groups excluding carboxylic acids is 1. The molecule has 1 unspecified atom stereocenters. The van der Waals surface area contributed by atoms with Crippen molar-refractivity contribution in [3.8, 4) is 0 Å². The molecule has 2 aromatic carbocycles. The first-order chi connectivity index (χ1) is 9.95. The molecule has 0 spiro atoms. The summed E-state index contributed by atoms with van der Waals surface area (Å²) in [4.78, 5) is 11.8. The van der Waals surface area contributed by atoms with Gasteiger partial charge in [-0.15, -0.1) is 0 Å². The predicted molar refractivity (Wildman–Crippen MR) is 77.7 cm³/mol. The first-order valence-corrected chi connectivity index (χ1v) is 6.55. The van der Waals surface area contributed by atoms with Crippen LogP contribution in [0.2, 0.25) is 0 Å². The Kier molecular flexibility index (Phi) is 4.65. The van der Waals surface area contributed by atoms with E-state index in [4.69, 9.17) is 5.73 Å². The standard InChI is InChI=1S/C16H16F2N2O/c1-10(19)11-3-6-14(7-4-11)20-16(21)8-12-2-5-13(17)9-15(12)18/h2-7,9-10H,8,19H2,1H3,(H,20,21). The highest BCUT2D eigenvalue weighted by Gasteiger charge is 2.09. The van der Waals surface area contributed by atoms with Gasteiger partial charge < -0.3 is 11.1 Å². The van der Waals surface area contributed by atoms with Gasteiger partial charge in [-0.25, -0.2) is 8.78 Å². The normalized spacial score (nSPS) is 12.0. The highest BCUT2D eigenvalue weighted by Crippen LogP contribution is 2.15. The number of anilines is 1. The molecule has 5 heteroatoms. The second kappa shape index (κ2) is 6.45. The van der Waals surface area contributed by atoms with E-state index >= 15 is 0 Å². The van der Waals surface area contributed by atoms with E-state index in [0.717, 1.165) is 17.7 Å². The van der Waals surface area contributed by atoms with Gasteiger partial charge in [-0.05, 0) is 36.2 Å². The first kappa shape index (κ1) is 15.1. The molecule has 0 aliphatic heterocycles. The van der Waals surface area contributed by atoms with Crippen LogP contribution in [0.25, 0.3) is 0 Å². The van der Waals surface area contributed by atoms with Crippen molar-refractivity contribution in [1.29, 1.82) is 0 Å². The van der Waals surface area contributed by atoms with Crippen molar-refractivity contribution in [2.24, 2.45) is 5.73 Å². The van der Waals surface area contributed by atoms with E-state index in [1.807, 2.05) is 19.1 Å². The lowest BCUT2D eigenvalue weighted by atomic mass is 10.1. The molecule has 21 heavy (non-hydrogen) atoms. The average Bonchev–Trinajstić information content (AvgIpc) is 2.42. The number of benzene rings is 2. The van der Waals surface area contributed by atoms with E-state index < -0.39 is 11.6 Å². The highest BCUT2D eigenvalue weighted by molar-refractivity contribution is 5.92. The van der Waals surface area contributed by atoms with Gasteiger partial charge in [0, 0.05) is 17.8 Å². The second-order valence-electron chi connectivity index (χ2n) is 4.87. The van der Waals surface area contributed by atoms with E-state index in [0.29, 0.717) is 5.69 Å². The van der Waals surface area contributed by atoms with Crippen LogP contribution < -0.4 is 11.1 Å². The molecule has 1 atom stereocenters. The molecule has 3 nitrogen and oxygen atoms in total. The Morgan fingerprint density at radius 3 is 2.43 bits per heavy atom. The zero-order valence-electron chi connectivity index (χ0n) is 11.6. The number of hydrogen-bond donors (Lipinski definition) is 2. The van der Waals surface area contributed by atoms with E-state index in [1.165, 1.54) is 6.07 Å².